The molecule has 0 N–H and O–H groups in total. The topological polar surface area (TPSA) is 53.5 Å². The van der Waals surface area contributed by atoms with Gasteiger partial charge in [-0.25, -0.2) is 4.98 Å². The fourth-order valence-corrected chi connectivity index (χ4v) is 8.19. The maximum atomic E-state index is 5.12. The number of hydrogen-bond donors (Lipinski definition) is 0. The first-order chi connectivity index (χ1) is 25.7. The summed E-state index contributed by atoms with van der Waals surface area (Å²) >= 11 is 0. The van der Waals surface area contributed by atoms with Crippen molar-refractivity contribution in [2.24, 2.45) is 7.05 Å². The zero-order valence-electron chi connectivity index (χ0n) is 28.3. The van der Waals surface area contributed by atoms with Crippen molar-refractivity contribution < 1.29 is 0 Å². The zero-order chi connectivity index (χ0) is 34.3. The molecule has 52 heavy (non-hydrogen) atoms. The number of fused-ring (bicyclic) bond motifs is 10. The van der Waals surface area contributed by atoms with Gasteiger partial charge in [-0.15, -0.1) is 0 Å². The Hall–Kier alpha value is -7.05. The van der Waals surface area contributed by atoms with Crippen molar-refractivity contribution in [3.8, 4) is 34.4 Å². The van der Waals surface area contributed by atoms with Gasteiger partial charge in [0.2, 0.25) is 5.95 Å². The normalized spacial score (nSPS) is 11.9. The lowest BCUT2D eigenvalue weighted by atomic mass is 10.1. The largest absolute Gasteiger partial charge is 0.342 e. The average molecular weight is 667 g/mol. The number of hydrogen-bond acceptors (Lipinski definition) is 3. The second-order valence-corrected chi connectivity index (χ2v) is 13.4. The lowest BCUT2D eigenvalue weighted by Gasteiger charge is -2.12. The van der Waals surface area contributed by atoms with Gasteiger partial charge in [0.25, 0.3) is 0 Å². The number of para-hydroxylation sites is 3. The molecule has 4 heterocycles. The van der Waals surface area contributed by atoms with E-state index in [-0.39, 0.29) is 0 Å². The molecule has 0 aliphatic heterocycles. The van der Waals surface area contributed by atoms with E-state index in [1.807, 2.05) is 60.7 Å². The van der Waals surface area contributed by atoms with Crippen LogP contribution in [0, 0.1) is 0 Å². The van der Waals surface area contributed by atoms with Gasteiger partial charge >= 0.3 is 0 Å². The minimum absolute atomic E-state index is 0.584. The lowest BCUT2D eigenvalue weighted by Crippen LogP contribution is -2.06. The van der Waals surface area contributed by atoms with Crippen molar-refractivity contribution in [2.75, 3.05) is 0 Å². The van der Waals surface area contributed by atoms with Crippen molar-refractivity contribution in [3.05, 3.63) is 164 Å². The number of benzene rings is 7. The summed E-state index contributed by atoms with van der Waals surface area (Å²) in [4.78, 5) is 15.2. The van der Waals surface area contributed by atoms with Gasteiger partial charge in [-0.05, 0) is 36.4 Å². The number of aryl methyl sites for hydroxylation is 1. The average Bonchev–Trinajstić information content (AvgIpc) is 3.83. The summed E-state index contributed by atoms with van der Waals surface area (Å²) in [6.07, 6.45) is 0. The van der Waals surface area contributed by atoms with Crippen molar-refractivity contribution in [1.29, 1.82) is 0 Å². The van der Waals surface area contributed by atoms with Crippen LogP contribution in [0.2, 0.25) is 0 Å². The Labute approximate surface area is 298 Å². The highest BCUT2D eigenvalue weighted by atomic mass is 15.2. The van der Waals surface area contributed by atoms with Crippen LogP contribution in [-0.2, 0) is 7.05 Å². The molecule has 0 radical (unpaired) electrons. The van der Waals surface area contributed by atoms with Gasteiger partial charge in [0, 0.05) is 61.7 Å². The second-order valence-electron chi connectivity index (χ2n) is 13.4. The van der Waals surface area contributed by atoms with Crippen LogP contribution in [0.25, 0.3) is 99.8 Å². The molecule has 0 spiro atoms. The molecule has 11 aromatic rings. The molecule has 4 aromatic heterocycles. The van der Waals surface area contributed by atoms with Gasteiger partial charge in [0.1, 0.15) is 0 Å². The van der Waals surface area contributed by atoms with Crippen molar-refractivity contribution >= 4 is 65.4 Å². The molecule has 0 aliphatic rings. The Kier molecular flexibility index (Phi) is 6.07. The van der Waals surface area contributed by atoms with E-state index in [1.165, 1.54) is 43.6 Å². The van der Waals surface area contributed by atoms with Crippen LogP contribution >= 0.6 is 0 Å². The first-order valence-corrected chi connectivity index (χ1v) is 17.5. The van der Waals surface area contributed by atoms with Crippen molar-refractivity contribution in [1.82, 2.24) is 28.7 Å². The SMILES string of the molecule is Cn1c2ccccc2c2ccc3c4ccccc4n(-c4ccc5c(c4)c4ccccc4n5-c4nc(-c5ccccc5)nc(-c5ccccc5)n4)c3c21. The highest BCUT2D eigenvalue weighted by Crippen LogP contribution is 2.41. The summed E-state index contributed by atoms with van der Waals surface area (Å²) in [6.45, 7) is 0. The summed E-state index contributed by atoms with van der Waals surface area (Å²) in [5.74, 6) is 1.85. The number of nitrogens with zero attached hydrogens (tertiary/aromatic N) is 6. The first kappa shape index (κ1) is 28.8. The number of rotatable bonds is 4. The molecular formula is C46H30N6. The minimum atomic E-state index is 0.584. The van der Waals surface area contributed by atoms with Gasteiger partial charge in [-0.2, -0.15) is 9.97 Å². The molecule has 244 valence electrons. The van der Waals surface area contributed by atoms with Gasteiger partial charge in [0.05, 0.1) is 27.6 Å². The van der Waals surface area contributed by atoms with E-state index in [0.717, 1.165) is 38.6 Å². The highest BCUT2D eigenvalue weighted by Gasteiger charge is 2.22. The van der Waals surface area contributed by atoms with Gasteiger partial charge in [-0.3, -0.25) is 4.57 Å². The monoisotopic (exact) mass is 666 g/mol. The predicted octanol–water partition coefficient (Wildman–Crippen LogP) is 11.0. The fraction of sp³-hybridized carbons (Fsp3) is 0.0217. The van der Waals surface area contributed by atoms with E-state index < -0.39 is 0 Å². The quantitative estimate of drug-likeness (QED) is 0.188. The first-order valence-electron chi connectivity index (χ1n) is 17.5. The van der Waals surface area contributed by atoms with E-state index in [1.54, 1.807) is 0 Å². The van der Waals surface area contributed by atoms with Gasteiger partial charge < -0.3 is 9.13 Å². The fourth-order valence-electron chi connectivity index (χ4n) is 8.19. The Morgan fingerprint density at radius 1 is 0.365 bits per heavy atom. The minimum Gasteiger partial charge on any atom is -0.342 e. The van der Waals surface area contributed by atoms with Crippen LogP contribution in [0.4, 0.5) is 0 Å². The van der Waals surface area contributed by atoms with E-state index in [4.69, 9.17) is 15.0 Å². The zero-order valence-corrected chi connectivity index (χ0v) is 28.3. The molecule has 11 rings (SSSR count). The molecule has 6 nitrogen and oxygen atoms in total. The van der Waals surface area contributed by atoms with Crippen molar-refractivity contribution in [2.45, 2.75) is 0 Å². The Bertz CT molecular complexity index is 3130. The van der Waals surface area contributed by atoms with Crippen LogP contribution in [0.3, 0.4) is 0 Å². The molecule has 0 bridgehead atoms. The summed E-state index contributed by atoms with van der Waals surface area (Å²) in [7, 11) is 2.19. The van der Waals surface area contributed by atoms with Crippen LogP contribution in [0.1, 0.15) is 0 Å². The molecule has 0 atom stereocenters. The van der Waals surface area contributed by atoms with E-state index in [2.05, 4.69) is 124 Å². The van der Waals surface area contributed by atoms with Crippen molar-refractivity contribution in [3.63, 3.8) is 0 Å². The Morgan fingerprint density at radius 3 is 1.48 bits per heavy atom. The van der Waals surface area contributed by atoms with Gasteiger partial charge in [-0.1, -0.05) is 127 Å². The standard InChI is InChI=1S/C46H30N6/c1-50-38-21-11-8-18-32(38)35-25-26-36-33-19-9-12-22-39(33)51(43(36)42(35)50)31-24-27-41-37(28-31)34-20-10-13-23-40(34)52(41)46-48-44(29-14-4-2-5-15-29)47-45(49-46)30-16-6-3-7-17-30/h2-28H,1H3. The molecule has 0 fully saturated rings. The molecule has 0 unspecified atom stereocenters. The smallest absolute Gasteiger partial charge is 0.238 e. The predicted molar refractivity (Wildman–Crippen MR) is 213 cm³/mol. The third-order valence-corrected chi connectivity index (χ3v) is 10.5. The van der Waals surface area contributed by atoms with Gasteiger partial charge in [0.15, 0.2) is 11.6 Å². The third-order valence-electron chi connectivity index (χ3n) is 10.5. The second kappa shape index (κ2) is 11.0. The van der Waals surface area contributed by atoms with Crippen LogP contribution in [-0.4, -0.2) is 28.7 Å². The Morgan fingerprint density at radius 2 is 0.846 bits per heavy atom. The third kappa shape index (κ3) is 4.09. The molecule has 6 heteroatoms. The van der Waals surface area contributed by atoms with Crippen LogP contribution in [0.5, 0.6) is 0 Å². The van der Waals surface area contributed by atoms with Crippen LogP contribution < -0.4 is 0 Å². The Balaban J connectivity index is 1.21. The molecule has 0 aliphatic carbocycles. The summed E-state index contributed by atoms with van der Waals surface area (Å²) < 4.78 is 6.98. The number of aromatic nitrogens is 6. The molecule has 7 aromatic carbocycles. The molecule has 0 saturated carbocycles. The van der Waals surface area contributed by atoms with E-state index >= 15 is 0 Å². The lowest BCUT2D eigenvalue weighted by molar-refractivity contribution is 0.953. The highest BCUT2D eigenvalue weighted by molar-refractivity contribution is 6.23. The van der Waals surface area contributed by atoms with E-state index in [9.17, 15) is 0 Å². The van der Waals surface area contributed by atoms with E-state index in [0.29, 0.717) is 17.6 Å². The van der Waals surface area contributed by atoms with Crippen LogP contribution in [0.15, 0.2) is 164 Å². The maximum Gasteiger partial charge on any atom is 0.238 e. The molecular weight excluding hydrogens is 637 g/mol. The maximum absolute atomic E-state index is 5.12. The summed E-state index contributed by atoms with van der Waals surface area (Å²) in [6, 6.07) is 57.6. The molecule has 0 saturated heterocycles. The molecule has 0 amide bonds. The summed E-state index contributed by atoms with van der Waals surface area (Å²) in [5.41, 5.74) is 9.89. The summed E-state index contributed by atoms with van der Waals surface area (Å²) in [5, 5.41) is 7.26.